The van der Waals surface area contributed by atoms with E-state index in [1.165, 1.54) is 5.52 Å². The lowest BCUT2D eigenvalue weighted by molar-refractivity contribution is -0.0679. The maximum absolute atomic E-state index is 5.81. The maximum atomic E-state index is 5.81. The van der Waals surface area contributed by atoms with Gasteiger partial charge in [0.2, 0.25) is 0 Å². The predicted octanol–water partition coefficient (Wildman–Crippen LogP) is 3.41. The number of guanidine groups is 1. The SMILES string of the molecule is CCNC(=NCCCn1c(C)nc2ccccc21)NCCCN1CC(C)OC(C)C1.I. The Morgan fingerprint density at radius 3 is 2.61 bits per heavy atom. The standard InChI is InChI=1S/C23H38N6O.HI/c1-5-24-23(25-12-8-14-28-16-18(2)30-19(3)17-28)26-13-9-15-29-20(4)27-21-10-6-7-11-22(21)29;/h6-7,10-11,18-19H,5,8-9,12-17H2,1-4H3,(H2,24,25,26);1H. The van der Waals surface area contributed by atoms with Crippen molar-refractivity contribution in [1.29, 1.82) is 0 Å². The van der Waals surface area contributed by atoms with Crippen LogP contribution in [0.15, 0.2) is 29.3 Å². The number of morpholine rings is 1. The van der Waals surface area contributed by atoms with Crippen molar-refractivity contribution >= 4 is 41.0 Å². The van der Waals surface area contributed by atoms with Crippen LogP contribution >= 0.6 is 24.0 Å². The van der Waals surface area contributed by atoms with Crippen LogP contribution in [-0.4, -0.2) is 71.9 Å². The molecule has 0 bridgehead atoms. The van der Waals surface area contributed by atoms with Gasteiger partial charge in [0.25, 0.3) is 0 Å². The average Bonchev–Trinajstić information content (AvgIpc) is 3.02. The van der Waals surface area contributed by atoms with Crippen LogP contribution in [0.3, 0.4) is 0 Å². The van der Waals surface area contributed by atoms with Crippen LogP contribution in [0.4, 0.5) is 0 Å². The second-order valence-corrected chi connectivity index (χ2v) is 8.21. The van der Waals surface area contributed by atoms with E-state index in [1.807, 2.05) is 6.07 Å². The van der Waals surface area contributed by atoms with Gasteiger partial charge in [0.05, 0.1) is 23.2 Å². The van der Waals surface area contributed by atoms with E-state index in [-0.39, 0.29) is 24.0 Å². The first kappa shape index (κ1) is 25.9. The smallest absolute Gasteiger partial charge is 0.191 e. The molecule has 2 unspecified atom stereocenters. The lowest BCUT2D eigenvalue weighted by Gasteiger charge is -2.35. The van der Waals surface area contributed by atoms with Gasteiger partial charge in [-0.2, -0.15) is 0 Å². The number of halogens is 1. The minimum Gasteiger partial charge on any atom is -0.373 e. The first-order valence-corrected chi connectivity index (χ1v) is 11.4. The van der Waals surface area contributed by atoms with E-state index in [0.717, 1.165) is 76.0 Å². The summed E-state index contributed by atoms with van der Waals surface area (Å²) >= 11 is 0. The predicted molar refractivity (Wildman–Crippen MR) is 140 cm³/mol. The lowest BCUT2D eigenvalue weighted by atomic mass is 10.2. The molecule has 0 radical (unpaired) electrons. The van der Waals surface area contributed by atoms with Crippen molar-refractivity contribution in [2.75, 3.05) is 39.3 Å². The van der Waals surface area contributed by atoms with E-state index in [9.17, 15) is 0 Å². The molecule has 1 aliphatic heterocycles. The van der Waals surface area contributed by atoms with Crippen LogP contribution in [0.5, 0.6) is 0 Å². The quantitative estimate of drug-likeness (QED) is 0.220. The molecule has 1 aliphatic rings. The number of rotatable bonds is 9. The van der Waals surface area contributed by atoms with Crippen molar-refractivity contribution in [3.63, 3.8) is 0 Å². The molecule has 0 spiro atoms. The number of aromatic nitrogens is 2. The molecule has 174 valence electrons. The molecule has 1 aromatic carbocycles. The summed E-state index contributed by atoms with van der Waals surface area (Å²) in [5.41, 5.74) is 2.27. The molecule has 8 heteroatoms. The third kappa shape index (κ3) is 7.91. The van der Waals surface area contributed by atoms with Crippen molar-refractivity contribution < 1.29 is 4.74 Å². The van der Waals surface area contributed by atoms with Gasteiger partial charge in [-0.15, -0.1) is 24.0 Å². The normalized spacial score (nSPS) is 19.9. The van der Waals surface area contributed by atoms with E-state index in [0.29, 0.717) is 12.2 Å². The highest BCUT2D eigenvalue weighted by molar-refractivity contribution is 14.0. The fourth-order valence-electron chi connectivity index (χ4n) is 4.22. The molecule has 1 saturated heterocycles. The minimum absolute atomic E-state index is 0. The molecule has 7 nitrogen and oxygen atoms in total. The summed E-state index contributed by atoms with van der Waals surface area (Å²) in [6.07, 6.45) is 2.75. The molecule has 0 saturated carbocycles. The lowest BCUT2D eigenvalue weighted by Crippen LogP contribution is -2.46. The number of aryl methyl sites for hydroxylation is 2. The third-order valence-corrected chi connectivity index (χ3v) is 5.44. The van der Waals surface area contributed by atoms with E-state index >= 15 is 0 Å². The summed E-state index contributed by atoms with van der Waals surface area (Å²) in [6, 6.07) is 8.32. The molecule has 2 heterocycles. The molecule has 2 atom stereocenters. The molecule has 3 rings (SSSR count). The zero-order valence-electron chi connectivity index (χ0n) is 19.4. The largest absolute Gasteiger partial charge is 0.373 e. The van der Waals surface area contributed by atoms with Gasteiger partial charge >= 0.3 is 0 Å². The van der Waals surface area contributed by atoms with Crippen LogP contribution in [0, 0.1) is 6.92 Å². The molecule has 0 aliphatic carbocycles. The number of para-hydroxylation sites is 2. The zero-order valence-corrected chi connectivity index (χ0v) is 21.8. The molecule has 0 amide bonds. The molecule has 1 aromatic heterocycles. The Hall–Kier alpha value is -1.39. The van der Waals surface area contributed by atoms with Crippen LogP contribution < -0.4 is 10.6 Å². The minimum atomic E-state index is 0. The number of ether oxygens (including phenoxy) is 1. The number of benzene rings is 1. The van der Waals surface area contributed by atoms with Crippen LogP contribution in [0.2, 0.25) is 0 Å². The first-order valence-electron chi connectivity index (χ1n) is 11.4. The third-order valence-electron chi connectivity index (χ3n) is 5.44. The van der Waals surface area contributed by atoms with Crippen molar-refractivity contribution in [2.45, 2.75) is 59.3 Å². The molecule has 2 N–H and O–H groups in total. The number of hydrogen-bond donors (Lipinski definition) is 2. The Morgan fingerprint density at radius 1 is 1.13 bits per heavy atom. The number of nitrogens with zero attached hydrogens (tertiary/aromatic N) is 4. The van der Waals surface area contributed by atoms with Gasteiger partial charge in [-0.3, -0.25) is 9.89 Å². The number of hydrogen-bond acceptors (Lipinski definition) is 4. The second kappa shape index (κ2) is 13.2. The summed E-state index contributed by atoms with van der Waals surface area (Å²) in [5.74, 6) is 1.98. The molecule has 31 heavy (non-hydrogen) atoms. The van der Waals surface area contributed by atoms with Crippen LogP contribution in [0.25, 0.3) is 11.0 Å². The zero-order chi connectivity index (χ0) is 21.3. The van der Waals surface area contributed by atoms with Crippen molar-refractivity contribution in [1.82, 2.24) is 25.1 Å². The van der Waals surface area contributed by atoms with Crippen molar-refractivity contribution in [2.24, 2.45) is 4.99 Å². The van der Waals surface area contributed by atoms with E-state index < -0.39 is 0 Å². The highest BCUT2D eigenvalue weighted by Crippen LogP contribution is 2.15. The summed E-state index contributed by atoms with van der Waals surface area (Å²) in [4.78, 5) is 11.9. The Balaban J connectivity index is 0.00000341. The van der Waals surface area contributed by atoms with Gasteiger partial charge in [0.1, 0.15) is 5.82 Å². The summed E-state index contributed by atoms with van der Waals surface area (Å²) < 4.78 is 8.10. The van der Waals surface area contributed by atoms with E-state index in [2.05, 4.69) is 71.0 Å². The molecule has 2 aromatic rings. The monoisotopic (exact) mass is 542 g/mol. The van der Waals surface area contributed by atoms with E-state index in [4.69, 9.17) is 9.73 Å². The summed E-state index contributed by atoms with van der Waals surface area (Å²) in [6.45, 7) is 15.2. The maximum Gasteiger partial charge on any atom is 0.191 e. The fraction of sp³-hybridized carbons (Fsp3) is 0.652. The fourth-order valence-corrected chi connectivity index (χ4v) is 4.22. The topological polar surface area (TPSA) is 66.7 Å². The second-order valence-electron chi connectivity index (χ2n) is 8.21. The Bertz CT molecular complexity index is 813. The summed E-state index contributed by atoms with van der Waals surface area (Å²) in [7, 11) is 0. The first-order chi connectivity index (χ1) is 14.6. The van der Waals surface area contributed by atoms with Gasteiger partial charge in [0, 0.05) is 45.8 Å². The summed E-state index contributed by atoms with van der Waals surface area (Å²) in [5, 5.41) is 6.84. The van der Waals surface area contributed by atoms with E-state index in [1.54, 1.807) is 0 Å². The van der Waals surface area contributed by atoms with Gasteiger partial charge in [0.15, 0.2) is 5.96 Å². The number of imidazole rings is 1. The Labute approximate surface area is 204 Å². The molecular weight excluding hydrogens is 503 g/mol. The highest BCUT2D eigenvalue weighted by Gasteiger charge is 2.21. The van der Waals surface area contributed by atoms with Crippen LogP contribution in [-0.2, 0) is 11.3 Å². The van der Waals surface area contributed by atoms with Crippen molar-refractivity contribution in [3.05, 3.63) is 30.1 Å². The Kier molecular flexibility index (Phi) is 11.0. The molecular formula is C23H39IN6O. The van der Waals surface area contributed by atoms with Gasteiger partial charge in [-0.05, 0) is 52.7 Å². The van der Waals surface area contributed by atoms with Crippen LogP contribution in [0.1, 0.15) is 39.4 Å². The number of nitrogens with one attached hydrogen (secondary N) is 2. The van der Waals surface area contributed by atoms with Crippen molar-refractivity contribution in [3.8, 4) is 0 Å². The molecule has 1 fully saturated rings. The van der Waals surface area contributed by atoms with Gasteiger partial charge in [-0.1, -0.05) is 12.1 Å². The van der Waals surface area contributed by atoms with Gasteiger partial charge in [-0.25, -0.2) is 4.98 Å². The number of aliphatic imine (C=N–C) groups is 1. The van der Waals surface area contributed by atoms with Gasteiger partial charge < -0.3 is 19.9 Å². The Morgan fingerprint density at radius 2 is 1.87 bits per heavy atom. The average molecular weight is 543 g/mol. The number of fused-ring (bicyclic) bond motifs is 1. The highest BCUT2D eigenvalue weighted by atomic mass is 127.